The molecule has 0 aliphatic heterocycles. The van der Waals surface area contributed by atoms with Gasteiger partial charge in [0.1, 0.15) is 11.5 Å². The molecule has 3 rings (SSSR count). The Morgan fingerprint density at radius 2 is 1.94 bits per heavy atom. The standard InChI is InChI=1S/C26H26Cl4N2O3S/c1-3-6-21(13-17-7-4-5-8-24(17)31)35-25-15-19(28)9-11-20(16-22(25)29)32(2)36(33,34)26-12-10-18(27)14-23(26)30/h3,6-8,10-13,16,23H,4-5,14-15,31H2,1-2H3/b6-3+,20-16+,21-13+,25-22-. The van der Waals surface area contributed by atoms with Crippen molar-refractivity contribution in [2.24, 2.45) is 5.73 Å². The Balaban J connectivity index is 1.99. The molecular formula is C26H26Cl4N2O3S. The number of halogens is 4. The summed E-state index contributed by atoms with van der Waals surface area (Å²) in [5.74, 6) is 0.830. The van der Waals surface area contributed by atoms with Crippen LogP contribution in [0.25, 0.3) is 0 Å². The third-order valence-electron chi connectivity index (χ3n) is 5.47. The van der Waals surface area contributed by atoms with E-state index in [1.807, 2.05) is 31.2 Å². The summed E-state index contributed by atoms with van der Waals surface area (Å²) in [6.07, 6.45) is 17.5. The maximum atomic E-state index is 13.3. The molecule has 0 aromatic rings. The van der Waals surface area contributed by atoms with E-state index in [1.165, 1.54) is 31.4 Å². The van der Waals surface area contributed by atoms with E-state index in [4.69, 9.17) is 56.9 Å². The molecule has 36 heavy (non-hydrogen) atoms. The molecule has 0 bridgehead atoms. The largest absolute Gasteiger partial charge is 0.460 e. The van der Waals surface area contributed by atoms with Crippen molar-refractivity contribution in [2.75, 3.05) is 7.05 Å². The fourth-order valence-electron chi connectivity index (χ4n) is 3.54. The lowest BCUT2D eigenvalue weighted by Gasteiger charge is -2.26. The highest BCUT2D eigenvalue weighted by atomic mass is 35.5. The van der Waals surface area contributed by atoms with Gasteiger partial charge in [0.25, 0.3) is 10.0 Å². The topological polar surface area (TPSA) is 72.6 Å². The summed E-state index contributed by atoms with van der Waals surface area (Å²) in [6.45, 7) is 1.86. The highest BCUT2D eigenvalue weighted by Gasteiger charge is 2.32. The van der Waals surface area contributed by atoms with Gasteiger partial charge in [-0.3, -0.25) is 4.31 Å². The van der Waals surface area contributed by atoms with Gasteiger partial charge in [-0.1, -0.05) is 53.0 Å². The normalized spacial score (nSPS) is 25.1. The average molecular weight is 588 g/mol. The van der Waals surface area contributed by atoms with Crippen molar-refractivity contribution in [1.29, 1.82) is 0 Å². The summed E-state index contributed by atoms with van der Waals surface area (Å²) < 4.78 is 33.9. The number of hydrogen-bond acceptors (Lipinski definition) is 4. The van der Waals surface area contributed by atoms with Gasteiger partial charge >= 0.3 is 0 Å². The van der Waals surface area contributed by atoms with Gasteiger partial charge in [0.05, 0.1) is 32.5 Å². The molecule has 1 unspecified atom stereocenters. The molecule has 0 saturated carbocycles. The quantitative estimate of drug-likeness (QED) is 0.146. The number of nitrogens with zero attached hydrogens (tertiary/aromatic N) is 1. The first-order valence-corrected chi connectivity index (χ1v) is 14.1. The maximum absolute atomic E-state index is 13.3. The maximum Gasteiger partial charge on any atom is 0.261 e. The number of sulfonamides is 1. The van der Waals surface area contributed by atoms with E-state index >= 15 is 0 Å². The first-order chi connectivity index (χ1) is 17.0. The molecule has 192 valence electrons. The van der Waals surface area contributed by atoms with Gasteiger partial charge in [-0.05, 0) is 55.7 Å². The summed E-state index contributed by atoms with van der Waals surface area (Å²) in [5, 5.41) is 0.163. The van der Waals surface area contributed by atoms with Gasteiger partial charge in [0, 0.05) is 30.3 Å². The molecule has 0 aromatic heterocycles. The molecule has 2 N–H and O–H groups in total. The minimum absolute atomic E-state index is 0.0313. The van der Waals surface area contributed by atoms with Crippen molar-refractivity contribution in [3.8, 4) is 0 Å². The molecule has 0 fully saturated rings. The summed E-state index contributed by atoms with van der Waals surface area (Å²) >= 11 is 25.3. The van der Waals surface area contributed by atoms with Crippen LogP contribution >= 0.6 is 46.4 Å². The van der Waals surface area contributed by atoms with Crippen LogP contribution in [-0.2, 0) is 14.8 Å². The second-order valence-corrected chi connectivity index (χ2v) is 11.9. The van der Waals surface area contributed by atoms with Crippen LogP contribution in [0.15, 0.2) is 109 Å². The van der Waals surface area contributed by atoms with E-state index in [0.717, 1.165) is 22.7 Å². The van der Waals surface area contributed by atoms with E-state index in [0.29, 0.717) is 22.2 Å². The lowest BCUT2D eigenvalue weighted by molar-refractivity contribution is 0.310. The summed E-state index contributed by atoms with van der Waals surface area (Å²) in [4.78, 5) is 0.0313. The number of nitrogens with two attached hydrogens (primary N) is 1. The van der Waals surface area contributed by atoms with E-state index in [2.05, 4.69) is 5.73 Å². The van der Waals surface area contributed by atoms with Crippen LogP contribution in [0.1, 0.15) is 32.6 Å². The zero-order valence-corrected chi connectivity index (χ0v) is 23.6. The van der Waals surface area contributed by atoms with E-state index in [1.54, 1.807) is 6.08 Å². The molecule has 5 nitrogen and oxygen atoms in total. The van der Waals surface area contributed by atoms with Gasteiger partial charge in [-0.2, -0.15) is 0 Å². The molecule has 0 amide bonds. The molecule has 0 spiro atoms. The molecule has 0 saturated heterocycles. The zero-order valence-electron chi connectivity index (χ0n) is 19.8. The molecular weight excluding hydrogens is 562 g/mol. The van der Waals surface area contributed by atoms with Crippen molar-refractivity contribution in [1.82, 2.24) is 4.31 Å². The van der Waals surface area contributed by atoms with E-state index in [9.17, 15) is 8.42 Å². The van der Waals surface area contributed by atoms with Crippen LogP contribution in [0.2, 0.25) is 0 Å². The molecule has 10 heteroatoms. The van der Waals surface area contributed by atoms with Gasteiger partial charge in [-0.25, -0.2) is 8.42 Å². The number of allylic oxidation sites excluding steroid dienone is 13. The molecule has 0 heterocycles. The second kappa shape index (κ2) is 12.5. The minimum Gasteiger partial charge on any atom is -0.460 e. The number of alkyl halides is 1. The molecule has 0 aromatic carbocycles. The molecule has 0 radical (unpaired) electrons. The van der Waals surface area contributed by atoms with Crippen LogP contribution in [0.4, 0.5) is 0 Å². The Hall–Kier alpha value is -2.05. The fraction of sp³-hybridized carbons (Fsp3) is 0.269. The second-order valence-electron chi connectivity index (χ2n) is 8.08. The minimum atomic E-state index is -3.98. The van der Waals surface area contributed by atoms with E-state index in [-0.39, 0.29) is 33.5 Å². The molecule has 3 aliphatic carbocycles. The Kier molecular flexibility index (Phi) is 9.87. The Bertz CT molecular complexity index is 1340. The monoisotopic (exact) mass is 586 g/mol. The van der Waals surface area contributed by atoms with Crippen molar-refractivity contribution >= 4 is 56.4 Å². The van der Waals surface area contributed by atoms with Crippen molar-refractivity contribution < 1.29 is 13.2 Å². The first-order valence-electron chi connectivity index (χ1n) is 11.1. The highest BCUT2D eigenvalue weighted by Crippen LogP contribution is 2.34. The van der Waals surface area contributed by atoms with Crippen LogP contribution in [-0.4, -0.2) is 25.1 Å². The summed E-state index contributed by atoms with van der Waals surface area (Å²) in [7, 11) is -2.58. The third-order valence-corrected chi connectivity index (χ3v) is 8.77. The number of ether oxygens (including phenoxy) is 1. The lowest BCUT2D eigenvalue weighted by Crippen LogP contribution is -2.31. The number of likely N-dealkylation sites (N-methyl/N-ethyl adjacent to an activating group) is 1. The van der Waals surface area contributed by atoms with Gasteiger partial charge in [-0.15, -0.1) is 17.3 Å². The van der Waals surface area contributed by atoms with Crippen LogP contribution < -0.4 is 5.73 Å². The Morgan fingerprint density at radius 1 is 1.22 bits per heavy atom. The Labute approximate surface area is 232 Å². The highest BCUT2D eigenvalue weighted by molar-refractivity contribution is 7.93. The zero-order chi connectivity index (χ0) is 26.5. The van der Waals surface area contributed by atoms with Crippen molar-refractivity contribution in [3.05, 3.63) is 109 Å². The van der Waals surface area contributed by atoms with Gasteiger partial charge in [0.2, 0.25) is 0 Å². The van der Waals surface area contributed by atoms with E-state index < -0.39 is 15.4 Å². The van der Waals surface area contributed by atoms with Crippen molar-refractivity contribution in [3.63, 3.8) is 0 Å². The van der Waals surface area contributed by atoms with Crippen LogP contribution in [0.5, 0.6) is 0 Å². The lowest BCUT2D eigenvalue weighted by atomic mass is 10.0. The molecule has 1 atom stereocenters. The number of rotatable bonds is 7. The summed E-state index contributed by atoms with van der Waals surface area (Å²) in [5.41, 5.74) is 10.8. The SMILES string of the molecule is C/C=C/C(=C\C1=CCCC=C1N)O/C1=C(Cl)/C=C(/N(C)S(=O)(=O)C2=CC=C(Cl)CC2Cl)C=C=C(Cl)C1. The first kappa shape index (κ1) is 28.5. The average Bonchev–Trinajstić information content (AvgIpc) is 2.81. The third kappa shape index (κ3) is 7.04. The Morgan fingerprint density at radius 3 is 2.61 bits per heavy atom. The van der Waals surface area contributed by atoms with Gasteiger partial charge < -0.3 is 10.5 Å². The molecule has 3 aliphatic rings. The van der Waals surface area contributed by atoms with Crippen molar-refractivity contribution in [2.45, 2.75) is 38.0 Å². The predicted octanol–water partition coefficient (Wildman–Crippen LogP) is 7.32. The predicted molar refractivity (Wildman–Crippen MR) is 150 cm³/mol. The van der Waals surface area contributed by atoms with Gasteiger partial charge in [0.15, 0.2) is 0 Å². The fourth-order valence-corrected chi connectivity index (χ4v) is 6.15. The van der Waals surface area contributed by atoms with Crippen LogP contribution in [0.3, 0.4) is 0 Å². The number of hydrogen-bond donors (Lipinski definition) is 1. The van der Waals surface area contributed by atoms with Crippen LogP contribution in [0, 0.1) is 0 Å². The summed E-state index contributed by atoms with van der Waals surface area (Å²) in [6, 6.07) is 0. The smallest absolute Gasteiger partial charge is 0.261 e.